The van der Waals surface area contributed by atoms with E-state index in [2.05, 4.69) is 20.9 Å². The van der Waals surface area contributed by atoms with Crippen molar-refractivity contribution in [2.75, 3.05) is 16.0 Å². The average molecular weight is 485 g/mol. The first-order valence-corrected chi connectivity index (χ1v) is 10.4. The van der Waals surface area contributed by atoms with Gasteiger partial charge >= 0.3 is 12.2 Å². The van der Waals surface area contributed by atoms with Crippen molar-refractivity contribution in [1.82, 2.24) is 9.55 Å². The maximum atomic E-state index is 14.0. The lowest BCUT2D eigenvalue weighted by Crippen LogP contribution is -2.20. The number of nitrogens with zero attached hydrogens (tertiary/aromatic N) is 2. The molecule has 11 heteroatoms. The molecule has 0 radical (unpaired) electrons. The van der Waals surface area contributed by atoms with E-state index >= 15 is 0 Å². The molecule has 0 unspecified atom stereocenters. The fraction of sp³-hybridized carbons (Fsp3) is 0.125. The van der Waals surface area contributed by atoms with E-state index in [1.807, 2.05) is 22.9 Å². The number of pyridine rings is 1. The molecule has 3 N–H and O–H groups in total. The molecule has 0 bridgehead atoms. The van der Waals surface area contributed by atoms with Gasteiger partial charge in [-0.25, -0.2) is 14.2 Å². The smallest absolute Gasteiger partial charge is 0.347 e. The highest BCUT2D eigenvalue weighted by Gasteiger charge is 2.31. The third-order valence-corrected chi connectivity index (χ3v) is 5.28. The van der Waals surface area contributed by atoms with E-state index in [9.17, 15) is 27.2 Å². The fourth-order valence-corrected chi connectivity index (χ4v) is 3.62. The molecule has 35 heavy (non-hydrogen) atoms. The number of urea groups is 1. The molecular weight excluding hydrogens is 466 g/mol. The Kier molecular flexibility index (Phi) is 6.67. The number of aromatic nitrogens is 2. The molecule has 0 fully saturated rings. The Morgan fingerprint density at radius 3 is 2.60 bits per heavy atom. The Morgan fingerprint density at radius 2 is 1.83 bits per heavy atom. The first kappa shape index (κ1) is 23.7. The van der Waals surface area contributed by atoms with Gasteiger partial charge < -0.3 is 20.5 Å². The van der Waals surface area contributed by atoms with Crippen LogP contribution in [0.3, 0.4) is 0 Å². The highest BCUT2D eigenvalue weighted by molar-refractivity contribution is 6.05. The van der Waals surface area contributed by atoms with Crippen molar-refractivity contribution in [3.8, 4) is 0 Å². The maximum absolute atomic E-state index is 14.0. The SMILES string of the molecule is O=CNc1cc(CCn2ccc3c(NC(=O)Nc4cc(C(F)(F)F)ccc4F)cccc32)ccn1. The summed E-state index contributed by atoms with van der Waals surface area (Å²) in [6.45, 7) is 0.596. The van der Waals surface area contributed by atoms with Gasteiger partial charge in [-0.15, -0.1) is 0 Å². The van der Waals surface area contributed by atoms with Gasteiger partial charge in [0.1, 0.15) is 11.6 Å². The molecule has 0 saturated carbocycles. The number of aryl methyl sites for hydroxylation is 2. The lowest BCUT2D eigenvalue weighted by Gasteiger charge is -2.12. The number of hydrogen-bond donors (Lipinski definition) is 3. The molecule has 180 valence electrons. The number of nitrogens with one attached hydrogen (secondary N) is 3. The van der Waals surface area contributed by atoms with Gasteiger partial charge in [0.05, 0.1) is 22.5 Å². The number of anilines is 3. The molecule has 0 spiro atoms. The Labute approximate surface area is 196 Å². The molecule has 0 saturated heterocycles. The van der Waals surface area contributed by atoms with Crippen molar-refractivity contribution in [3.05, 3.63) is 83.9 Å². The van der Waals surface area contributed by atoms with Crippen LogP contribution in [0.15, 0.2) is 67.0 Å². The topological polar surface area (TPSA) is 88.0 Å². The Balaban J connectivity index is 1.48. The zero-order valence-electron chi connectivity index (χ0n) is 18.1. The van der Waals surface area contributed by atoms with Gasteiger partial charge in [0.2, 0.25) is 6.41 Å². The standard InChI is InChI=1S/C24H19F4N5O2/c25-18-5-4-16(24(26,27)28)13-20(18)32-23(35)31-19-2-1-3-21-17(19)8-11-33(21)10-7-15-6-9-29-22(12-15)30-14-34/h1-6,8-9,11-14H,7,10H2,(H,29,30,34)(H2,31,32,35). The molecule has 0 aliphatic heterocycles. The summed E-state index contributed by atoms with van der Waals surface area (Å²) < 4.78 is 54.7. The van der Waals surface area contributed by atoms with Crippen LogP contribution in [-0.4, -0.2) is 22.0 Å². The molecule has 2 aromatic carbocycles. The summed E-state index contributed by atoms with van der Waals surface area (Å²) in [5, 5.41) is 7.91. The van der Waals surface area contributed by atoms with Gasteiger partial charge in [0, 0.05) is 24.3 Å². The number of carbonyl (C=O) groups is 2. The first-order chi connectivity index (χ1) is 16.7. The van der Waals surface area contributed by atoms with Crippen molar-refractivity contribution in [2.45, 2.75) is 19.1 Å². The Morgan fingerprint density at radius 1 is 1.03 bits per heavy atom. The largest absolute Gasteiger partial charge is 0.416 e. The minimum absolute atomic E-state index is 0.410. The van der Waals surface area contributed by atoms with Crippen molar-refractivity contribution in [3.63, 3.8) is 0 Å². The fourth-order valence-electron chi connectivity index (χ4n) is 3.62. The number of fused-ring (bicyclic) bond motifs is 1. The normalized spacial score (nSPS) is 11.3. The van der Waals surface area contributed by atoms with Crippen LogP contribution in [-0.2, 0) is 23.9 Å². The van der Waals surface area contributed by atoms with Gasteiger partial charge in [0.25, 0.3) is 0 Å². The summed E-state index contributed by atoms with van der Waals surface area (Å²) in [6, 6.07) is 11.5. The summed E-state index contributed by atoms with van der Waals surface area (Å²) >= 11 is 0. The minimum atomic E-state index is -4.67. The second kappa shape index (κ2) is 9.84. The van der Waals surface area contributed by atoms with Crippen molar-refractivity contribution >= 4 is 40.5 Å². The van der Waals surface area contributed by atoms with Crippen molar-refractivity contribution in [2.24, 2.45) is 0 Å². The van der Waals surface area contributed by atoms with Crippen LogP contribution in [0.2, 0.25) is 0 Å². The third kappa shape index (κ3) is 5.57. The maximum Gasteiger partial charge on any atom is 0.416 e. The summed E-state index contributed by atoms with van der Waals surface area (Å²) in [5.74, 6) is -0.537. The number of hydrogen-bond acceptors (Lipinski definition) is 3. The quantitative estimate of drug-likeness (QED) is 0.234. The van der Waals surface area contributed by atoms with Crippen LogP contribution in [0.4, 0.5) is 39.5 Å². The van der Waals surface area contributed by atoms with Gasteiger partial charge in [0.15, 0.2) is 0 Å². The summed E-state index contributed by atoms with van der Waals surface area (Å²) in [5.41, 5.74) is 0.531. The monoisotopic (exact) mass is 485 g/mol. The number of carbonyl (C=O) groups excluding carboxylic acids is 2. The molecule has 3 amide bonds. The van der Waals surface area contributed by atoms with E-state index in [1.54, 1.807) is 30.5 Å². The molecule has 2 aromatic heterocycles. The predicted molar refractivity (Wildman–Crippen MR) is 124 cm³/mol. The molecule has 7 nitrogen and oxygen atoms in total. The first-order valence-electron chi connectivity index (χ1n) is 10.4. The molecule has 0 atom stereocenters. The van der Waals surface area contributed by atoms with Crippen LogP contribution in [0.1, 0.15) is 11.1 Å². The zero-order valence-corrected chi connectivity index (χ0v) is 18.1. The van der Waals surface area contributed by atoms with Crippen LogP contribution in [0, 0.1) is 5.82 Å². The number of alkyl halides is 3. The van der Waals surface area contributed by atoms with E-state index in [1.165, 1.54) is 0 Å². The number of halogens is 4. The minimum Gasteiger partial charge on any atom is -0.347 e. The lowest BCUT2D eigenvalue weighted by atomic mass is 10.2. The molecular formula is C24H19F4N5O2. The van der Waals surface area contributed by atoms with Crippen molar-refractivity contribution in [1.29, 1.82) is 0 Å². The van der Waals surface area contributed by atoms with E-state index in [-0.39, 0.29) is 0 Å². The van der Waals surface area contributed by atoms with Gasteiger partial charge in [-0.3, -0.25) is 4.79 Å². The molecule has 2 heterocycles. The molecule has 4 aromatic rings. The molecule has 4 rings (SSSR count). The van der Waals surface area contributed by atoms with Gasteiger partial charge in [-0.05, 0) is 60.5 Å². The van der Waals surface area contributed by atoms with Crippen LogP contribution >= 0.6 is 0 Å². The molecule has 0 aliphatic carbocycles. The van der Waals surface area contributed by atoms with E-state index < -0.39 is 29.3 Å². The third-order valence-electron chi connectivity index (χ3n) is 5.28. The van der Waals surface area contributed by atoms with Gasteiger partial charge in [-0.2, -0.15) is 13.2 Å². The number of rotatable bonds is 7. The summed E-state index contributed by atoms with van der Waals surface area (Å²) in [7, 11) is 0. The van der Waals surface area contributed by atoms with E-state index in [0.717, 1.165) is 11.1 Å². The zero-order chi connectivity index (χ0) is 25.0. The lowest BCUT2D eigenvalue weighted by molar-refractivity contribution is -0.137. The second-order valence-corrected chi connectivity index (χ2v) is 7.58. The summed E-state index contributed by atoms with van der Waals surface area (Å²) in [4.78, 5) is 27.1. The van der Waals surface area contributed by atoms with E-state index in [0.29, 0.717) is 54.5 Å². The predicted octanol–water partition coefficient (Wildman–Crippen LogP) is 5.65. The van der Waals surface area contributed by atoms with Crippen molar-refractivity contribution < 1.29 is 27.2 Å². The second-order valence-electron chi connectivity index (χ2n) is 7.58. The van der Waals surface area contributed by atoms with Gasteiger partial charge in [-0.1, -0.05) is 6.07 Å². The van der Waals surface area contributed by atoms with E-state index in [4.69, 9.17) is 0 Å². The highest BCUT2D eigenvalue weighted by Crippen LogP contribution is 2.32. The Bertz CT molecular complexity index is 1380. The highest BCUT2D eigenvalue weighted by atomic mass is 19.4. The molecule has 0 aliphatic rings. The Hall–Kier alpha value is -4.41. The van der Waals surface area contributed by atoms with Crippen LogP contribution < -0.4 is 16.0 Å². The number of amides is 3. The average Bonchev–Trinajstić information content (AvgIpc) is 3.23. The number of benzene rings is 2. The summed E-state index contributed by atoms with van der Waals surface area (Å²) in [6.07, 6.45) is -0.0306. The van der Waals surface area contributed by atoms with Crippen LogP contribution in [0.5, 0.6) is 0 Å². The van der Waals surface area contributed by atoms with Crippen LogP contribution in [0.25, 0.3) is 10.9 Å².